The van der Waals surface area contributed by atoms with E-state index < -0.39 is 12.1 Å². The third kappa shape index (κ3) is 1.46. The zero-order valence-electron chi connectivity index (χ0n) is 5.58. The zero-order chi connectivity index (χ0) is 7.56. The van der Waals surface area contributed by atoms with Crippen LogP contribution in [0.25, 0.3) is 0 Å². The van der Waals surface area contributed by atoms with Crippen molar-refractivity contribution in [1.29, 1.82) is 0 Å². The Morgan fingerprint density at radius 1 is 1.70 bits per heavy atom. The molecule has 1 fully saturated rings. The highest BCUT2D eigenvalue weighted by molar-refractivity contribution is 5.72. The number of hydrogen-bond acceptors (Lipinski definition) is 3. The molecule has 1 aliphatic rings. The third-order valence-corrected chi connectivity index (χ3v) is 1.80. The fourth-order valence-electron chi connectivity index (χ4n) is 1.15. The lowest BCUT2D eigenvalue weighted by Crippen LogP contribution is -2.30. The Balaban J connectivity index is 2.39. The average molecular weight is 145 g/mol. The van der Waals surface area contributed by atoms with Crippen molar-refractivity contribution >= 4 is 5.97 Å². The van der Waals surface area contributed by atoms with Gasteiger partial charge in [-0.2, -0.15) is 0 Å². The molecule has 0 saturated carbocycles. The van der Waals surface area contributed by atoms with E-state index in [-0.39, 0.29) is 5.92 Å². The minimum atomic E-state index is -1.19. The molecular weight excluding hydrogens is 134 g/mol. The van der Waals surface area contributed by atoms with Crippen LogP contribution in [0.1, 0.15) is 6.42 Å². The molecule has 0 aromatic rings. The number of carboxylic acids is 1. The lowest BCUT2D eigenvalue weighted by atomic mass is 10.0. The van der Waals surface area contributed by atoms with E-state index in [1.807, 2.05) is 0 Å². The lowest BCUT2D eigenvalue weighted by Gasteiger charge is -2.10. The number of hydrogen-bond donors (Lipinski definition) is 3. The summed E-state index contributed by atoms with van der Waals surface area (Å²) in [7, 11) is 0. The molecule has 58 valence electrons. The Hall–Kier alpha value is -0.610. The van der Waals surface area contributed by atoms with Gasteiger partial charge in [-0.05, 0) is 13.0 Å². The molecule has 1 saturated heterocycles. The van der Waals surface area contributed by atoms with Crippen molar-refractivity contribution in [3.8, 4) is 0 Å². The van der Waals surface area contributed by atoms with Crippen LogP contribution in [0.2, 0.25) is 0 Å². The molecule has 1 rings (SSSR count). The van der Waals surface area contributed by atoms with Crippen LogP contribution >= 0.6 is 0 Å². The molecule has 0 unspecified atom stereocenters. The summed E-state index contributed by atoms with van der Waals surface area (Å²) in [5.41, 5.74) is 0. The summed E-state index contributed by atoms with van der Waals surface area (Å²) in [5, 5.41) is 20.3. The van der Waals surface area contributed by atoms with Crippen LogP contribution in [-0.4, -0.2) is 35.4 Å². The Morgan fingerprint density at radius 3 is 2.80 bits per heavy atom. The average Bonchev–Trinajstić information content (AvgIpc) is 2.36. The lowest BCUT2D eigenvalue weighted by molar-refractivity contribution is -0.149. The first kappa shape index (κ1) is 7.50. The van der Waals surface area contributed by atoms with Crippen molar-refractivity contribution < 1.29 is 15.0 Å². The standard InChI is InChI=1S/C6H11NO3/c8-5(6(9)10)4-1-2-7-3-4/h4-5,7-8H,1-3H2,(H,9,10)/t4-,5-/m0/s1. The van der Waals surface area contributed by atoms with Crippen LogP contribution in [0.5, 0.6) is 0 Å². The highest BCUT2D eigenvalue weighted by Gasteiger charge is 2.27. The van der Waals surface area contributed by atoms with E-state index in [1.165, 1.54) is 0 Å². The minimum Gasteiger partial charge on any atom is -0.479 e. The maximum absolute atomic E-state index is 10.2. The van der Waals surface area contributed by atoms with Crippen molar-refractivity contribution in [3.63, 3.8) is 0 Å². The summed E-state index contributed by atoms with van der Waals surface area (Å²) in [6.07, 6.45) is -0.428. The van der Waals surface area contributed by atoms with Crippen molar-refractivity contribution in [3.05, 3.63) is 0 Å². The molecule has 10 heavy (non-hydrogen) atoms. The number of carbonyl (C=O) groups is 1. The van der Waals surface area contributed by atoms with Gasteiger partial charge in [0.1, 0.15) is 0 Å². The fraction of sp³-hybridized carbons (Fsp3) is 0.833. The van der Waals surface area contributed by atoms with Gasteiger partial charge >= 0.3 is 5.97 Å². The Labute approximate surface area is 58.9 Å². The number of nitrogens with one attached hydrogen (secondary N) is 1. The van der Waals surface area contributed by atoms with E-state index in [9.17, 15) is 4.79 Å². The van der Waals surface area contributed by atoms with Crippen LogP contribution in [0, 0.1) is 5.92 Å². The second-order valence-corrected chi connectivity index (χ2v) is 2.54. The SMILES string of the molecule is O=C(O)[C@@H](O)[C@H]1CCNC1. The van der Waals surface area contributed by atoms with Crippen molar-refractivity contribution in [2.45, 2.75) is 12.5 Å². The molecule has 0 radical (unpaired) electrons. The largest absolute Gasteiger partial charge is 0.479 e. The summed E-state index contributed by atoms with van der Waals surface area (Å²) >= 11 is 0. The molecule has 0 aromatic heterocycles. The Bertz CT molecular complexity index is 131. The Morgan fingerprint density at radius 2 is 2.40 bits per heavy atom. The molecule has 3 N–H and O–H groups in total. The first-order chi connectivity index (χ1) is 4.72. The van der Waals surface area contributed by atoms with Gasteiger partial charge in [-0.1, -0.05) is 0 Å². The summed E-state index contributed by atoms with van der Waals surface area (Å²) in [5.74, 6) is -1.22. The van der Waals surface area contributed by atoms with Gasteiger partial charge in [-0.25, -0.2) is 4.79 Å². The highest BCUT2D eigenvalue weighted by Crippen LogP contribution is 2.12. The van der Waals surface area contributed by atoms with Gasteiger partial charge in [-0.3, -0.25) is 0 Å². The van der Waals surface area contributed by atoms with Crippen molar-refractivity contribution in [2.75, 3.05) is 13.1 Å². The molecule has 2 atom stereocenters. The highest BCUT2D eigenvalue weighted by atomic mass is 16.4. The van der Waals surface area contributed by atoms with Crippen LogP contribution in [0.4, 0.5) is 0 Å². The van der Waals surface area contributed by atoms with Gasteiger partial charge in [0.25, 0.3) is 0 Å². The minimum absolute atomic E-state index is 0.0995. The molecule has 4 heteroatoms. The van der Waals surface area contributed by atoms with E-state index in [2.05, 4.69) is 5.32 Å². The van der Waals surface area contributed by atoms with Gasteiger partial charge in [0, 0.05) is 12.5 Å². The topological polar surface area (TPSA) is 69.6 Å². The summed E-state index contributed by atoms with van der Waals surface area (Å²) < 4.78 is 0. The van der Waals surface area contributed by atoms with E-state index in [0.29, 0.717) is 6.54 Å². The van der Waals surface area contributed by atoms with Crippen LogP contribution < -0.4 is 5.32 Å². The predicted molar refractivity (Wildman–Crippen MR) is 34.6 cm³/mol. The first-order valence-electron chi connectivity index (χ1n) is 3.33. The second-order valence-electron chi connectivity index (χ2n) is 2.54. The van der Waals surface area contributed by atoms with Gasteiger partial charge < -0.3 is 15.5 Å². The molecule has 4 nitrogen and oxygen atoms in total. The summed E-state index contributed by atoms with van der Waals surface area (Å²) in [6.45, 7) is 1.43. The van der Waals surface area contributed by atoms with Crippen molar-refractivity contribution in [2.24, 2.45) is 5.92 Å². The van der Waals surface area contributed by atoms with E-state index in [0.717, 1.165) is 13.0 Å². The van der Waals surface area contributed by atoms with Crippen molar-refractivity contribution in [1.82, 2.24) is 5.32 Å². The normalized spacial score (nSPS) is 28.3. The zero-order valence-corrected chi connectivity index (χ0v) is 5.58. The van der Waals surface area contributed by atoms with Gasteiger partial charge in [0.2, 0.25) is 0 Å². The predicted octanol–water partition coefficient (Wildman–Crippen LogP) is -0.959. The number of aliphatic hydroxyl groups is 1. The molecule has 0 bridgehead atoms. The van der Waals surface area contributed by atoms with Gasteiger partial charge in [-0.15, -0.1) is 0 Å². The quantitative estimate of drug-likeness (QED) is 0.468. The van der Waals surface area contributed by atoms with Crippen LogP contribution in [0.3, 0.4) is 0 Å². The molecule has 0 aromatic carbocycles. The number of rotatable bonds is 2. The number of carboxylic acid groups (broad SMARTS) is 1. The maximum Gasteiger partial charge on any atom is 0.332 e. The first-order valence-corrected chi connectivity index (χ1v) is 3.33. The summed E-state index contributed by atoms with van der Waals surface area (Å²) in [4.78, 5) is 10.2. The Kier molecular flexibility index (Phi) is 2.24. The van der Waals surface area contributed by atoms with Crippen LogP contribution in [0.15, 0.2) is 0 Å². The molecule has 0 spiro atoms. The summed E-state index contributed by atoms with van der Waals surface area (Å²) in [6, 6.07) is 0. The fourth-order valence-corrected chi connectivity index (χ4v) is 1.15. The second kappa shape index (κ2) is 2.98. The monoisotopic (exact) mass is 145 g/mol. The van der Waals surface area contributed by atoms with E-state index in [4.69, 9.17) is 10.2 Å². The third-order valence-electron chi connectivity index (χ3n) is 1.80. The number of aliphatic carboxylic acids is 1. The van der Waals surface area contributed by atoms with Gasteiger partial charge in [0.15, 0.2) is 6.10 Å². The van der Waals surface area contributed by atoms with Gasteiger partial charge in [0.05, 0.1) is 0 Å². The number of aliphatic hydroxyl groups excluding tert-OH is 1. The molecule has 1 aliphatic heterocycles. The molecule has 1 heterocycles. The van der Waals surface area contributed by atoms with E-state index >= 15 is 0 Å². The maximum atomic E-state index is 10.2. The molecule has 0 aliphatic carbocycles. The van der Waals surface area contributed by atoms with Crippen LogP contribution in [-0.2, 0) is 4.79 Å². The van der Waals surface area contributed by atoms with E-state index in [1.54, 1.807) is 0 Å². The smallest absolute Gasteiger partial charge is 0.332 e. The molecule has 0 amide bonds. The molecular formula is C6H11NO3.